The molecule has 13 unspecified atom stereocenters. The Morgan fingerprint density at radius 1 is 0.485 bits per heavy atom. The van der Waals surface area contributed by atoms with Crippen LogP contribution in [-0.4, -0.2) is 279 Å². The number of H-pyrrole nitrogens is 1. The number of para-hydroxylation sites is 1. The number of fused-ring (bicyclic) bond motifs is 2. The Kier molecular flexibility index (Phi) is 37.3. The van der Waals surface area contributed by atoms with E-state index in [0.29, 0.717) is 51.6 Å². The second kappa shape index (κ2) is 48.3. The van der Waals surface area contributed by atoms with Crippen LogP contribution >= 0.6 is 11.8 Å². The Morgan fingerprint density at radius 3 is 1.51 bits per heavy atom. The highest BCUT2D eigenvalue weighted by Gasteiger charge is 2.46. The Labute approximate surface area is 759 Å². The molecule has 7 aromatic rings. The number of aromatic amines is 1. The van der Waals surface area contributed by atoms with E-state index < -0.39 is 199 Å². The van der Waals surface area contributed by atoms with E-state index in [9.17, 15) is 48.9 Å². The maximum atomic E-state index is 15.6. The summed E-state index contributed by atoms with van der Waals surface area (Å²) in [6, 6.07) is 29.0. The predicted octanol–water partition coefficient (Wildman–Crippen LogP) is 2.52. The summed E-state index contributed by atoms with van der Waals surface area (Å²) in [5.41, 5.74) is 9.43. The van der Waals surface area contributed by atoms with Crippen molar-refractivity contribution in [3.05, 3.63) is 203 Å². The van der Waals surface area contributed by atoms with Crippen LogP contribution in [-0.2, 0) is 115 Å². The number of hydrogen-bond acceptors (Lipinski definition) is 20. The van der Waals surface area contributed by atoms with Crippen molar-refractivity contribution in [1.82, 2.24) is 77.3 Å². The Morgan fingerprint density at radius 2 is 0.954 bits per heavy atom. The van der Waals surface area contributed by atoms with Gasteiger partial charge in [0.15, 0.2) is 0 Å². The molecule has 2 fully saturated rings. The molecular weight excluding hydrogens is 1690 g/mol. The normalized spacial score (nSPS) is 23.4. The molecule has 36 heteroatoms. The Bertz CT molecular complexity index is 5090. The molecular formula is C94H120N16O19S. The molecule has 0 aliphatic carbocycles. The zero-order valence-electron chi connectivity index (χ0n) is 74.7. The van der Waals surface area contributed by atoms with Crippen LogP contribution in [0.15, 0.2) is 170 Å². The lowest BCUT2D eigenvalue weighted by molar-refractivity contribution is -0.151. The van der Waals surface area contributed by atoms with Gasteiger partial charge in [0.05, 0.1) is 32.1 Å². The number of phenolic OH excluding ortho intramolecular Hbond substituents is 2. The number of carboxylic acid groups (broad SMARTS) is 1. The maximum absolute atomic E-state index is 15.6. The van der Waals surface area contributed by atoms with Crippen LogP contribution in [0.25, 0.3) is 10.9 Å². The maximum Gasteiger partial charge on any atom is 0.305 e. The van der Waals surface area contributed by atoms with Crippen LogP contribution in [0.1, 0.15) is 100 Å². The number of rotatable bonds is 23. The largest absolute Gasteiger partial charge is 0.508 e. The van der Waals surface area contributed by atoms with E-state index >= 15 is 38.4 Å². The number of phenols is 2. The van der Waals surface area contributed by atoms with Crippen LogP contribution < -0.4 is 53.6 Å². The predicted molar refractivity (Wildman–Crippen MR) is 486 cm³/mol. The first-order valence-corrected chi connectivity index (χ1v) is 44.5. The van der Waals surface area contributed by atoms with Crippen molar-refractivity contribution in [1.29, 1.82) is 0 Å². The minimum absolute atomic E-state index is 0.0356. The van der Waals surface area contributed by atoms with Gasteiger partial charge in [0.2, 0.25) is 82.7 Å². The molecule has 0 bridgehead atoms. The van der Waals surface area contributed by atoms with Gasteiger partial charge in [-0.15, -0.1) is 0 Å². The highest BCUT2D eigenvalue weighted by molar-refractivity contribution is 7.99. The summed E-state index contributed by atoms with van der Waals surface area (Å²) in [5.74, 6) is -15.0. The molecule has 2 aliphatic rings. The highest BCUT2D eigenvalue weighted by atomic mass is 32.2. The van der Waals surface area contributed by atoms with E-state index in [1.54, 1.807) is 131 Å². The van der Waals surface area contributed by atoms with E-state index in [-0.39, 0.29) is 80.3 Å². The van der Waals surface area contributed by atoms with E-state index in [4.69, 9.17) is 10.5 Å². The number of unbranched alkanes of at least 4 members (excludes halogenated alkanes) is 1. The third-order valence-corrected chi connectivity index (χ3v) is 23.9. The Balaban J connectivity index is 1.10. The average molecular weight is 1810 g/mol. The smallest absolute Gasteiger partial charge is 0.305 e. The number of thioether (sulfide) groups is 1. The second-order valence-corrected chi connectivity index (χ2v) is 34.9. The summed E-state index contributed by atoms with van der Waals surface area (Å²) < 4.78 is 6.17. The van der Waals surface area contributed by atoms with E-state index in [2.05, 4.69) is 52.8 Å². The number of nitrogens with zero attached hydrogens (tertiary/aromatic N) is 5. The lowest BCUT2D eigenvalue weighted by atomic mass is 9.98. The zero-order chi connectivity index (χ0) is 94.6. The number of benzene rings is 6. The summed E-state index contributed by atoms with van der Waals surface area (Å²) >= 11 is 1.17. The van der Waals surface area contributed by atoms with Gasteiger partial charge < -0.3 is 97.8 Å². The minimum atomic E-state index is -1.89. The number of ether oxygens (including phenoxy) is 1. The summed E-state index contributed by atoms with van der Waals surface area (Å²) in [7, 11) is 6.75. The number of primary amides is 1. The molecule has 0 radical (unpaired) electrons. The molecule has 3 heterocycles. The molecule has 1 aromatic heterocycles. The Hall–Kier alpha value is -13.2. The van der Waals surface area contributed by atoms with Gasteiger partial charge in [-0.05, 0) is 94.8 Å². The molecule has 13 atom stereocenters. The summed E-state index contributed by atoms with van der Waals surface area (Å²) in [6.45, 7) is 6.41. The number of aromatic hydroxyl groups is 2. The number of nitrogens with one attached hydrogen (secondary N) is 10. The number of aliphatic carboxylic acids is 1. The molecule has 6 aromatic carbocycles. The number of aromatic nitrogens is 1. The van der Waals surface area contributed by atoms with E-state index in [1.165, 1.54) is 105 Å². The van der Waals surface area contributed by atoms with Gasteiger partial charge in [0, 0.05) is 95.9 Å². The van der Waals surface area contributed by atoms with Crippen molar-refractivity contribution in [3.8, 4) is 11.5 Å². The van der Waals surface area contributed by atoms with Crippen molar-refractivity contribution in [3.63, 3.8) is 0 Å². The molecule has 130 heavy (non-hydrogen) atoms. The highest BCUT2D eigenvalue weighted by Crippen LogP contribution is 2.28. The molecule has 35 nitrogen and oxygen atoms in total. The minimum Gasteiger partial charge on any atom is -0.508 e. The van der Waals surface area contributed by atoms with E-state index in [1.807, 2.05) is 25.1 Å². The number of carboxylic acids is 1. The third-order valence-electron chi connectivity index (χ3n) is 22.7. The van der Waals surface area contributed by atoms with Crippen molar-refractivity contribution in [2.24, 2.45) is 17.6 Å². The van der Waals surface area contributed by atoms with Crippen molar-refractivity contribution in [2.45, 2.75) is 184 Å². The molecule has 2 saturated heterocycles. The molecule has 9 rings (SSSR count). The summed E-state index contributed by atoms with van der Waals surface area (Å²) in [5, 5.41) is 56.5. The first-order valence-electron chi connectivity index (χ1n) is 43.4. The monoisotopic (exact) mass is 1810 g/mol. The molecule has 15 N–H and O–H groups in total. The van der Waals surface area contributed by atoms with Crippen molar-refractivity contribution in [2.75, 3.05) is 66.4 Å². The topological polar surface area (TPSA) is 496 Å². The fraction of sp³-hybridized carbons (Fsp3) is 0.436. The fourth-order valence-corrected chi connectivity index (χ4v) is 16.5. The molecule has 14 amide bonds. The zero-order valence-corrected chi connectivity index (χ0v) is 75.6. The quantitative estimate of drug-likeness (QED) is 0.0409. The van der Waals surface area contributed by atoms with Crippen molar-refractivity contribution < 1.29 is 92.0 Å². The molecule has 0 spiro atoms. The van der Waals surface area contributed by atoms with Crippen LogP contribution in [0.3, 0.4) is 0 Å². The first kappa shape index (κ1) is 101. The number of hydrogen-bond donors (Lipinski definition) is 14. The van der Waals surface area contributed by atoms with E-state index in [0.717, 1.165) is 20.3 Å². The summed E-state index contributed by atoms with van der Waals surface area (Å²) in [4.78, 5) is 229. The SMILES string of the molecule is CCCCC1C(=O)N(C)CC(=O)NC(CC(=O)O)C(=O)NC(C(C)C)C(=O)N(C)C(Cc2ccccc2)C(=O)NC(Cc2ccc(O)cc2)C(=O)N(C)CC(=O)NC(Cc2c[nH]c3ccccc23)C(=O)NC(Cc2ccc(O)cc2)C(=O)NC(CC(C)C)C(=O)NC(C(=O)NCC(N)=O)CSCC2OC2NC(Cc2ccccc2)C(=O)N(C)C(Cc2ccccc2)C(=O)N1C. The van der Waals surface area contributed by atoms with Gasteiger partial charge >= 0.3 is 5.97 Å². The fourth-order valence-electron chi connectivity index (χ4n) is 15.4. The van der Waals surface area contributed by atoms with Gasteiger partial charge in [-0.2, -0.15) is 11.8 Å². The lowest BCUT2D eigenvalue weighted by Crippen LogP contribution is -2.61. The van der Waals surface area contributed by atoms with Crippen LogP contribution in [0.4, 0.5) is 0 Å². The number of amides is 14. The number of carbonyl (C=O) groups is 15. The third kappa shape index (κ3) is 29.7. The average Bonchev–Trinajstić information content (AvgIpc) is 1.61. The van der Waals surface area contributed by atoms with Gasteiger partial charge in [0.25, 0.3) is 0 Å². The van der Waals surface area contributed by atoms with Gasteiger partial charge in [-0.1, -0.05) is 181 Å². The van der Waals surface area contributed by atoms with Crippen LogP contribution in [0.2, 0.25) is 0 Å². The first-order chi connectivity index (χ1) is 61.9. The molecule has 696 valence electrons. The van der Waals surface area contributed by atoms with Gasteiger partial charge in [0.1, 0.15) is 84.2 Å². The lowest BCUT2D eigenvalue weighted by Gasteiger charge is -2.37. The molecule has 2 aliphatic heterocycles. The van der Waals surface area contributed by atoms with Crippen LogP contribution in [0.5, 0.6) is 11.5 Å². The summed E-state index contributed by atoms with van der Waals surface area (Å²) in [6.07, 6.45) is -0.756. The van der Waals surface area contributed by atoms with Crippen molar-refractivity contribution >= 4 is 111 Å². The standard InChI is InChI=1S/C94H120N16O19S/c1-11-12-32-74-92(126)107(7)52-80(115)99-70(48-81(116)117)87(122)105-82(56(4)5)94(128)109(9)75(45-58-26-18-14-19-27-58)88(123)102-71(44-61-35-39-64(112)40-36-61)90(124)106(6)51-79(114)98-69(47-62-49-96-66-31-23-22-30-65(62)66)86(121)101-68(42-60-33-37-63(111)38-34-60)85(120)100-67(41-55(2)3)84(119)103-73(83(118)97-50-78(95)113)53-130-54-77-89(129-77)104-72(43-57-24-16-13-17-25-57)91(125)110(10)76(93(127)108(74)8)46-59-28-20-15-21-29-59/h13-31,33-40,49,55-56,67-77,82,89,96,104,111-112H,11-12,32,41-48,50-54H2,1-10H3,(H2,95,113)(H,97,118)(H,98,114)(H,99,115)(H,100,120)(H,101,121)(H,102,123)(H,103,119)(H,105,122)(H,116,117). The number of likely N-dealkylation sites (N-methyl/N-ethyl adjacent to an activating group) is 5. The number of carbonyl (C=O) groups excluding carboxylic acids is 14. The second-order valence-electron chi connectivity index (χ2n) is 33.8. The van der Waals surface area contributed by atoms with Gasteiger partial charge in [-0.3, -0.25) is 77.2 Å². The van der Waals surface area contributed by atoms with Crippen LogP contribution in [0, 0.1) is 11.8 Å². The molecule has 0 saturated carbocycles. The number of epoxide rings is 1. The number of nitrogens with two attached hydrogens (primary N) is 1. The van der Waals surface area contributed by atoms with Gasteiger partial charge in [-0.25, -0.2) is 0 Å².